The molecule has 1 aromatic carbocycles. The van der Waals surface area contributed by atoms with Crippen molar-refractivity contribution in [3.63, 3.8) is 0 Å². The molecule has 2 unspecified atom stereocenters. The van der Waals surface area contributed by atoms with Crippen LogP contribution in [0, 0.1) is 11.6 Å². The number of hydrogen-bond donors (Lipinski definition) is 3. The summed E-state index contributed by atoms with van der Waals surface area (Å²) in [5, 5.41) is 11.7. The molecule has 19 heavy (non-hydrogen) atoms. The van der Waals surface area contributed by atoms with E-state index in [1.54, 1.807) is 0 Å². The molecule has 0 radical (unpaired) electrons. The Hall–Kier alpha value is -1.69. The lowest BCUT2D eigenvalue weighted by Gasteiger charge is -2.28. The van der Waals surface area contributed by atoms with Crippen LogP contribution in [-0.2, 0) is 0 Å². The van der Waals surface area contributed by atoms with Gasteiger partial charge in [-0.3, -0.25) is 0 Å². The van der Waals surface area contributed by atoms with Crippen LogP contribution in [0.15, 0.2) is 12.1 Å². The molecule has 1 fully saturated rings. The second kappa shape index (κ2) is 5.52. The predicted octanol–water partition coefficient (Wildman–Crippen LogP) is 2.34. The van der Waals surface area contributed by atoms with Crippen molar-refractivity contribution in [2.45, 2.75) is 37.8 Å². The molecular formula is C13H16F2N2O2. The van der Waals surface area contributed by atoms with Gasteiger partial charge in [0, 0.05) is 18.2 Å². The highest BCUT2D eigenvalue weighted by Crippen LogP contribution is 2.25. The van der Waals surface area contributed by atoms with E-state index in [9.17, 15) is 13.6 Å². The number of anilines is 1. The Kier molecular flexibility index (Phi) is 3.99. The SMILES string of the molecule is NC1CCCC(Nc2cc(C(=O)O)c(F)cc2F)C1. The summed E-state index contributed by atoms with van der Waals surface area (Å²) in [5.41, 5.74) is 5.31. The number of carboxylic acids is 1. The highest BCUT2D eigenvalue weighted by atomic mass is 19.1. The van der Waals surface area contributed by atoms with Crippen molar-refractivity contribution in [3.05, 3.63) is 29.3 Å². The van der Waals surface area contributed by atoms with E-state index in [1.165, 1.54) is 0 Å². The van der Waals surface area contributed by atoms with Gasteiger partial charge in [0.2, 0.25) is 0 Å². The molecule has 104 valence electrons. The fourth-order valence-electron chi connectivity index (χ4n) is 2.40. The average molecular weight is 270 g/mol. The van der Waals surface area contributed by atoms with Gasteiger partial charge in [0.05, 0.1) is 11.3 Å². The Labute approximate surface area is 109 Å². The maximum absolute atomic E-state index is 13.6. The second-order valence-electron chi connectivity index (χ2n) is 4.88. The Morgan fingerprint density at radius 1 is 1.32 bits per heavy atom. The first-order chi connectivity index (χ1) is 8.97. The lowest BCUT2D eigenvalue weighted by atomic mass is 9.91. The van der Waals surface area contributed by atoms with E-state index in [0.29, 0.717) is 12.5 Å². The van der Waals surface area contributed by atoms with E-state index in [4.69, 9.17) is 10.8 Å². The van der Waals surface area contributed by atoms with Gasteiger partial charge in [-0.25, -0.2) is 13.6 Å². The Morgan fingerprint density at radius 2 is 2.05 bits per heavy atom. The summed E-state index contributed by atoms with van der Waals surface area (Å²) < 4.78 is 26.9. The van der Waals surface area contributed by atoms with Gasteiger partial charge in [0.25, 0.3) is 0 Å². The van der Waals surface area contributed by atoms with E-state index >= 15 is 0 Å². The molecule has 6 heteroatoms. The number of carbonyl (C=O) groups is 1. The van der Waals surface area contributed by atoms with Crippen LogP contribution in [0.4, 0.5) is 14.5 Å². The third-order valence-corrected chi connectivity index (χ3v) is 3.36. The number of halogens is 2. The molecular weight excluding hydrogens is 254 g/mol. The fraction of sp³-hybridized carbons (Fsp3) is 0.462. The summed E-state index contributed by atoms with van der Waals surface area (Å²) in [4.78, 5) is 10.8. The molecule has 4 N–H and O–H groups in total. The van der Waals surface area contributed by atoms with Gasteiger partial charge in [-0.05, 0) is 31.7 Å². The lowest BCUT2D eigenvalue weighted by molar-refractivity contribution is 0.0692. The van der Waals surface area contributed by atoms with Gasteiger partial charge in [-0.2, -0.15) is 0 Å². The first kappa shape index (κ1) is 13.7. The lowest BCUT2D eigenvalue weighted by Crippen LogP contribution is -2.35. The van der Waals surface area contributed by atoms with Crippen molar-refractivity contribution < 1.29 is 18.7 Å². The van der Waals surface area contributed by atoms with E-state index in [-0.39, 0.29) is 17.8 Å². The fourth-order valence-corrected chi connectivity index (χ4v) is 2.40. The van der Waals surface area contributed by atoms with E-state index in [1.807, 2.05) is 0 Å². The van der Waals surface area contributed by atoms with Crippen LogP contribution in [0.25, 0.3) is 0 Å². The van der Waals surface area contributed by atoms with Crippen molar-refractivity contribution in [3.8, 4) is 0 Å². The van der Waals surface area contributed by atoms with E-state index in [2.05, 4.69) is 5.32 Å². The predicted molar refractivity (Wildman–Crippen MR) is 67.2 cm³/mol. The molecule has 1 aliphatic carbocycles. The molecule has 2 rings (SSSR count). The van der Waals surface area contributed by atoms with Gasteiger partial charge in [-0.1, -0.05) is 0 Å². The molecule has 1 aliphatic rings. The Balaban J connectivity index is 2.19. The van der Waals surface area contributed by atoms with Crippen molar-refractivity contribution >= 4 is 11.7 Å². The smallest absolute Gasteiger partial charge is 0.338 e. The minimum atomic E-state index is -1.42. The largest absolute Gasteiger partial charge is 0.478 e. The molecule has 1 aromatic rings. The maximum Gasteiger partial charge on any atom is 0.338 e. The number of rotatable bonds is 3. The van der Waals surface area contributed by atoms with Crippen molar-refractivity contribution in [1.29, 1.82) is 0 Å². The van der Waals surface area contributed by atoms with Gasteiger partial charge in [0.15, 0.2) is 0 Å². The number of aromatic carboxylic acids is 1. The van der Waals surface area contributed by atoms with Crippen molar-refractivity contribution in [1.82, 2.24) is 0 Å². The number of nitrogens with one attached hydrogen (secondary N) is 1. The zero-order valence-electron chi connectivity index (χ0n) is 10.3. The topological polar surface area (TPSA) is 75.3 Å². The highest BCUT2D eigenvalue weighted by molar-refractivity contribution is 5.89. The van der Waals surface area contributed by atoms with E-state index in [0.717, 1.165) is 25.3 Å². The molecule has 4 nitrogen and oxygen atoms in total. The van der Waals surface area contributed by atoms with Crippen LogP contribution >= 0.6 is 0 Å². The molecule has 0 bridgehead atoms. The van der Waals surface area contributed by atoms with E-state index < -0.39 is 23.2 Å². The summed E-state index contributed by atoms with van der Waals surface area (Å²) in [6.07, 6.45) is 3.41. The quantitative estimate of drug-likeness (QED) is 0.788. The van der Waals surface area contributed by atoms with Crippen LogP contribution in [0.1, 0.15) is 36.0 Å². The Bertz CT molecular complexity index is 494. The van der Waals surface area contributed by atoms with Gasteiger partial charge in [0.1, 0.15) is 11.6 Å². The molecule has 2 atom stereocenters. The summed E-state index contributed by atoms with van der Waals surface area (Å²) in [7, 11) is 0. The highest BCUT2D eigenvalue weighted by Gasteiger charge is 2.21. The zero-order valence-corrected chi connectivity index (χ0v) is 10.3. The van der Waals surface area contributed by atoms with Crippen LogP contribution in [0.3, 0.4) is 0 Å². The van der Waals surface area contributed by atoms with Gasteiger partial charge >= 0.3 is 5.97 Å². The number of benzene rings is 1. The minimum Gasteiger partial charge on any atom is -0.478 e. The maximum atomic E-state index is 13.6. The van der Waals surface area contributed by atoms with Crippen LogP contribution in [-0.4, -0.2) is 23.2 Å². The molecule has 0 amide bonds. The molecule has 0 heterocycles. The second-order valence-corrected chi connectivity index (χ2v) is 4.88. The third kappa shape index (κ3) is 3.20. The summed E-state index contributed by atoms with van der Waals surface area (Å²) in [5.74, 6) is -3.28. The number of nitrogens with two attached hydrogens (primary N) is 1. The first-order valence-electron chi connectivity index (χ1n) is 6.22. The van der Waals surface area contributed by atoms with Gasteiger partial charge < -0.3 is 16.2 Å². The van der Waals surface area contributed by atoms with Gasteiger partial charge in [-0.15, -0.1) is 0 Å². The van der Waals surface area contributed by atoms with Crippen molar-refractivity contribution in [2.75, 3.05) is 5.32 Å². The molecule has 0 spiro atoms. The normalized spacial score (nSPS) is 23.1. The summed E-state index contributed by atoms with van der Waals surface area (Å²) in [6, 6.07) is 1.64. The Morgan fingerprint density at radius 3 is 2.68 bits per heavy atom. The summed E-state index contributed by atoms with van der Waals surface area (Å²) >= 11 is 0. The molecule has 1 saturated carbocycles. The van der Waals surface area contributed by atoms with Crippen LogP contribution in [0.2, 0.25) is 0 Å². The standard InChI is InChI=1S/C13H16F2N2O2/c14-10-6-11(15)12(5-9(10)13(18)19)17-8-3-1-2-7(16)4-8/h5-8,17H,1-4,16H2,(H,18,19). The number of hydrogen-bond acceptors (Lipinski definition) is 3. The zero-order chi connectivity index (χ0) is 14.0. The van der Waals surface area contributed by atoms with Crippen LogP contribution < -0.4 is 11.1 Å². The van der Waals surface area contributed by atoms with Crippen molar-refractivity contribution in [2.24, 2.45) is 5.73 Å². The molecule has 0 saturated heterocycles. The number of carboxylic acid groups (broad SMARTS) is 1. The minimum absolute atomic E-state index is 0.00893. The van der Waals surface area contributed by atoms with Crippen LogP contribution in [0.5, 0.6) is 0 Å². The monoisotopic (exact) mass is 270 g/mol. The molecule has 0 aromatic heterocycles. The first-order valence-corrected chi connectivity index (χ1v) is 6.22. The molecule has 0 aliphatic heterocycles. The summed E-state index contributed by atoms with van der Waals surface area (Å²) in [6.45, 7) is 0. The third-order valence-electron chi connectivity index (χ3n) is 3.36. The average Bonchev–Trinajstić information content (AvgIpc) is 2.32.